The van der Waals surface area contributed by atoms with Crippen LogP contribution in [-0.4, -0.2) is 21.9 Å². The van der Waals surface area contributed by atoms with E-state index in [-0.39, 0.29) is 5.60 Å². The quantitative estimate of drug-likeness (QED) is 0.797. The van der Waals surface area contributed by atoms with E-state index in [0.717, 1.165) is 0 Å². The summed E-state index contributed by atoms with van der Waals surface area (Å²) in [6, 6.07) is 2.21. The summed E-state index contributed by atoms with van der Waals surface area (Å²) < 4.78 is 7.49. The molecule has 0 fully saturated rings. The van der Waals surface area contributed by atoms with Gasteiger partial charge in [-0.25, -0.2) is 0 Å². The third kappa shape index (κ3) is 2.73. The van der Waals surface area contributed by atoms with Crippen LogP contribution in [0.3, 0.4) is 0 Å². The number of rotatable bonds is 4. The fourth-order valence-corrected chi connectivity index (χ4v) is 0.987. The molecule has 0 amide bonds. The molecule has 0 radical (unpaired) electrons. The Hall–Kier alpha value is -1.03. The Morgan fingerprint density at radius 1 is 1.57 bits per heavy atom. The first-order valence-electron chi connectivity index (χ1n) is 4.89. The number of nitrogens with zero attached hydrogens (tertiary/aromatic N) is 2. The lowest BCUT2D eigenvalue weighted by atomic mass is 10.1. The highest BCUT2D eigenvalue weighted by molar-refractivity contribution is 5.07. The molecule has 1 aromatic rings. The molecule has 2 N–H and O–H groups in total. The Balaban J connectivity index is 2.69. The standard InChI is InChI=1S/C10H19N3O/c1-8(2)13-6-5-9(12-13)14-10(3,4)7-11/h5-6,8H,7,11H2,1-4H3. The fourth-order valence-electron chi connectivity index (χ4n) is 0.987. The predicted octanol–water partition coefficient (Wildman–Crippen LogP) is 1.58. The van der Waals surface area contributed by atoms with E-state index in [1.165, 1.54) is 0 Å². The largest absolute Gasteiger partial charge is 0.469 e. The van der Waals surface area contributed by atoms with Crippen molar-refractivity contribution in [3.05, 3.63) is 12.3 Å². The lowest BCUT2D eigenvalue weighted by molar-refractivity contribution is 0.111. The smallest absolute Gasteiger partial charge is 0.233 e. The second-order valence-corrected chi connectivity index (χ2v) is 4.29. The Bertz CT molecular complexity index is 291. The Labute approximate surface area is 85.0 Å². The van der Waals surface area contributed by atoms with Crippen molar-refractivity contribution in [2.45, 2.75) is 39.3 Å². The summed E-state index contributed by atoms with van der Waals surface area (Å²) in [5.41, 5.74) is 5.21. The van der Waals surface area contributed by atoms with Gasteiger partial charge in [0.05, 0.1) is 0 Å². The molecule has 4 nitrogen and oxygen atoms in total. The summed E-state index contributed by atoms with van der Waals surface area (Å²) in [5.74, 6) is 0.633. The van der Waals surface area contributed by atoms with Gasteiger partial charge >= 0.3 is 0 Å². The highest BCUT2D eigenvalue weighted by Crippen LogP contribution is 2.16. The summed E-state index contributed by atoms with van der Waals surface area (Å²) in [6.07, 6.45) is 1.91. The second-order valence-electron chi connectivity index (χ2n) is 4.29. The van der Waals surface area contributed by atoms with Gasteiger partial charge in [0.15, 0.2) is 0 Å². The molecule has 1 aromatic heterocycles. The van der Waals surface area contributed by atoms with Gasteiger partial charge in [0, 0.05) is 24.8 Å². The molecule has 0 unspecified atom stereocenters. The third-order valence-electron chi connectivity index (χ3n) is 1.99. The molecule has 4 heteroatoms. The summed E-state index contributed by atoms with van der Waals surface area (Å²) in [5, 5.41) is 4.28. The van der Waals surface area contributed by atoms with Crippen LogP contribution < -0.4 is 10.5 Å². The van der Waals surface area contributed by atoms with Crippen molar-refractivity contribution in [3.63, 3.8) is 0 Å². The minimum Gasteiger partial charge on any atom is -0.469 e. The molecule has 0 atom stereocenters. The molecule has 0 aliphatic carbocycles. The highest BCUT2D eigenvalue weighted by atomic mass is 16.5. The monoisotopic (exact) mass is 197 g/mol. The van der Waals surface area contributed by atoms with Crippen LogP contribution in [0.2, 0.25) is 0 Å². The molecule has 0 aliphatic rings. The second kappa shape index (κ2) is 4.00. The van der Waals surface area contributed by atoms with Crippen LogP contribution in [0.4, 0.5) is 0 Å². The molecule has 1 rings (SSSR count). The van der Waals surface area contributed by atoms with Gasteiger partial charge in [-0.3, -0.25) is 4.68 Å². The average Bonchev–Trinajstić information content (AvgIpc) is 2.52. The number of hydrogen-bond acceptors (Lipinski definition) is 3. The van der Waals surface area contributed by atoms with E-state index in [2.05, 4.69) is 18.9 Å². The molecule has 0 bridgehead atoms. The summed E-state index contributed by atoms with van der Waals surface area (Å²) in [6.45, 7) is 8.51. The van der Waals surface area contributed by atoms with E-state index in [0.29, 0.717) is 18.5 Å². The molecule has 0 saturated heterocycles. The van der Waals surface area contributed by atoms with Gasteiger partial charge in [-0.1, -0.05) is 0 Å². The zero-order valence-corrected chi connectivity index (χ0v) is 9.32. The molecule has 0 aromatic carbocycles. The Kier molecular flexibility index (Phi) is 3.16. The molecule has 1 heterocycles. The SMILES string of the molecule is CC(C)n1ccc(OC(C)(C)CN)n1. The van der Waals surface area contributed by atoms with Crippen LogP contribution in [-0.2, 0) is 0 Å². The molecule has 14 heavy (non-hydrogen) atoms. The lowest BCUT2D eigenvalue weighted by Crippen LogP contribution is -2.37. The predicted molar refractivity (Wildman–Crippen MR) is 56.4 cm³/mol. The van der Waals surface area contributed by atoms with Crippen molar-refractivity contribution >= 4 is 0 Å². The summed E-state index contributed by atoms with van der Waals surface area (Å²) in [7, 11) is 0. The molecular formula is C10H19N3O. The van der Waals surface area contributed by atoms with Crippen molar-refractivity contribution < 1.29 is 4.74 Å². The number of nitrogens with two attached hydrogens (primary N) is 1. The van der Waals surface area contributed by atoms with Gasteiger partial charge in [-0.2, -0.15) is 0 Å². The Morgan fingerprint density at radius 2 is 2.21 bits per heavy atom. The van der Waals surface area contributed by atoms with Crippen LogP contribution in [0.1, 0.15) is 33.7 Å². The van der Waals surface area contributed by atoms with Crippen molar-refractivity contribution in [2.75, 3.05) is 6.54 Å². The fraction of sp³-hybridized carbons (Fsp3) is 0.700. The average molecular weight is 197 g/mol. The summed E-state index contributed by atoms with van der Waals surface area (Å²) >= 11 is 0. The zero-order valence-electron chi connectivity index (χ0n) is 9.32. The van der Waals surface area contributed by atoms with E-state index in [4.69, 9.17) is 10.5 Å². The number of ether oxygens (including phenoxy) is 1. The molecule has 80 valence electrons. The first-order chi connectivity index (χ1) is 6.44. The molecule has 0 saturated carbocycles. The van der Waals surface area contributed by atoms with Crippen molar-refractivity contribution in [2.24, 2.45) is 5.73 Å². The van der Waals surface area contributed by atoms with Crippen molar-refractivity contribution in [1.29, 1.82) is 0 Å². The topological polar surface area (TPSA) is 53.1 Å². The van der Waals surface area contributed by atoms with Crippen LogP contribution in [0, 0.1) is 0 Å². The van der Waals surface area contributed by atoms with Gasteiger partial charge in [0.2, 0.25) is 5.88 Å². The maximum Gasteiger partial charge on any atom is 0.233 e. The number of hydrogen-bond donors (Lipinski definition) is 1. The summed E-state index contributed by atoms with van der Waals surface area (Å²) in [4.78, 5) is 0. The number of aromatic nitrogens is 2. The molecular weight excluding hydrogens is 178 g/mol. The minimum absolute atomic E-state index is 0.351. The van der Waals surface area contributed by atoms with Gasteiger partial charge in [-0.05, 0) is 27.7 Å². The lowest BCUT2D eigenvalue weighted by Gasteiger charge is -2.22. The van der Waals surface area contributed by atoms with E-state index >= 15 is 0 Å². The maximum atomic E-state index is 5.62. The van der Waals surface area contributed by atoms with Gasteiger partial charge in [0.1, 0.15) is 5.60 Å². The maximum absolute atomic E-state index is 5.62. The first kappa shape index (κ1) is 11.0. The third-order valence-corrected chi connectivity index (χ3v) is 1.99. The van der Waals surface area contributed by atoms with E-state index in [1.54, 1.807) is 0 Å². The van der Waals surface area contributed by atoms with Crippen LogP contribution in [0.5, 0.6) is 5.88 Å². The Morgan fingerprint density at radius 3 is 2.64 bits per heavy atom. The van der Waals surface area contributed by atoms with Gasteiger partial charge in [0.25, 0.3) is 0 Å². The molecule has 0 aliphatic heterocycles. The zero-order chi connectivity index (χ0) is 10.8. The molecule has 0 spiro atoms. The van der Waals surface area contributed by atoms with Gasteiger partial charge < -0.3 is 10.5 Å². The highest BCUT2D eigenvalue weighted by Gasteiger charge is 2.18. The van der Waals surface area contributed by atoms with E-state index < -0.39 is 0 Å². The van der Waals surface area contributed by atoms with Crippen LogP contribution in [0.25, 0.3) is 0 Å². The van der Waals surface area contributed by atoms with E-state index in [9.17, 15) is 0 Å². The first-order valence-corrected chi connectivity index (χ1v) is 4.89. The van der Waals surface area contributed by atoms with Crippen LogP contribution in [0.15, 0.2) is 12.3 Å². The minimum atomic E-state index is -0.351. The van der Waals surface area contributed by atoms with Crippen LogP contribution >= 0.6 is 0 Å². The normalized spacial score (nSPS) is 12.1. The van der Waals surface area contributed by atoms with Gasteiger partial charge in [-0.15, -0.1) is 5.10 Å². The van der Waals surface area contributed by atoms with Crippen molar-refractivity contribution in [1.82, 2.24) is 9.78 Å². The van der Waals surface area contributed by atoms with Crippen molar-refractivity contribution in [3.8, 4) is 5.88 Å². The van der Waals surface area contributed by atoms with E-state index in [1.807, 2.05) is 30.8 Å².